The SMILES string of the molecule is CCNc1nc(OCCC(C)C)nc(N(CC)CC)n1. The van der Waals surface area contributed by atoms with E-state index in [1.165, 1.54) is 0 Å². The molecule has 0 aromatic carbocycles. The predicted molar refractivity (Wildman–Crippen MR) is 82.5 cm³/mol. The number of hydrogen-bond donors (Lipinski definition) is 1. The first kappa shape index (κ1) is 16.5. The largest absolute Gasteiger partial charge is 0.463 e. The number of rotatable bonds is 9. The van der Waals surface area contributed by atoms with Gasteiger partial charge in [-0.3, -0.25) is 0 Å². The number of ether oxygens (including phenoxy) is 1. The molecule has 1 aromatic rings. The van der Waals surface area contributed by atoms with E-state index in [9.17, 15) is 0 Å². The van der Waals surface area contributed by atoms with Crippen LogP contribution in [0, 0.1) is 5.92 Å². The summed E-state index contributed by atoms with van der Waals surface area (Å²) in [6.07, 6.45) is 0.989. The molecule has 0 radical (unpaired) electrons. The van der Waals surface area contributed by atoms with E-state index in [-0.39, 0.29) is 0 Å². The second-order valence-corrected chi connectivity index (χ2v) is 4.98. The monoisotopic (exact) mass is 281 g/mol. The van der Waals surface area contributed by atoms with E-state index in [1.54, 1.807) is 0 Å². The van der Waals surface area contributed by atoms with Crippen LogP contribution in [0.15, 0.2) is 0 Å². The zero-order chi connectivity index (χ0) is 15.0. The van der Waals surface area contributed by atoms with E-state index in [2.05, 4.69) is 52.9 Å². The second kappa shape index (κ2) is 8.55. The minimum atomic E-state index is 0.401. The highest BCUT2D eigenvalue weighted by atomic mass is 16.5. The molecule has 0 aliphatic carbocycles. The van der Waals surface area contributed by atoms with Crippen LogP contribution in [0.1, 0.15) is 41.0 Å². The minimum Gasteiger partial charge on any atom is -0.463 e. The van der Waals surface area contributed by atoms with Gasteiger partial charge in [0.2, 0.25) is 11.9 Å². The summed E-state index contributed by atoms with van der Waals surface area (Å²) in [4.78, 5) is 15.2. The van der Waals surface area contributed by atoms with Gasteiger partial charge in [-0.2, -0.15) is 15.0 Å². The molecular weight excluding hydrogens is 254 g/mol. The molecule has 1 rings (SSSR count). The van der Waals surface area contributed by atoms with Crippen molar-refractivity contribution in [3.63, 3.8) is 0 Å². The smallest absolute Gasteiger partial charge is 0.323 e. The molecule has 6 nitrogen and oxygen atoms in total. The van der Waals surface area contributed by atoms with Crippen molar-refractivity contribution in [2.45, 2.75) is 41.0 Å². The maximum absolute atomic E-state index is 5.65. The maximum Gasteiger partial charge on any atom is 0.323 e. The number of nitrogens with one attached hydrogen (secondary N) is 1. The van der Waals surface area contributed by atoms with Gasteiger partial charge in [-0.05, 0) is 33.1 Å². The molecule has 0 atom stereocenters. The fourth-order valence-corrected chi connectivity index (χ4v) is 1.68. The highest BCUT2D eigenvalue weighted by molar-refractivity contribution is 5.38. The van der Waals surface area contributed by atoms with Crippen LogP contribution in [-0.2, 0) is 0 Å². The second-order valence-electron chi connectivity index (χ2n) is 4.98. The van der Waals surface area contributed by atoms with Gasteiger partial charge >= 0.3 is 6.01 Å². The van der Waals surface area contributed by atoms with Crippen molar-refractivity contribution in [2.75, 3.05) is 36.5 Å². The molecule has 0 fully saturated rings. The molecule has 0 unspecified atom stereocenters. The Hall–Kier alpha value is -1.59. The van der Waals surface area contributed by atoms with Crippen molar-refractivity contribution in [1.29, 1.82) is 0 Å². The molecule has 114 valence electrons. The molecule has 1 aromatic heterocycles. The molecule has 0 spiro atoms. The highest BCUT2D eigenvalue weighted by Crippen LogP contribution is 2.15. The van der Waals surface area contributed by atoms with E-state index in [0.29, 0.717) is 30.4 Å². The third-order valence-corrected chi connectivity index (χ3v) is 2.91. The van der Waals surface area contributed by atoms with E-state index in [0.717, 1.165) is 26.1 Å². The quantitative estimate of drug-likeness (QED) is 0.750. The van der Waals surface area contributed by atoms with Crippen LogP contribution in [-0.4, -0.2) is 41.2 Å². The van der Waals surface area contributed by atoms with Gasteiger partial charge in [-0.25, -0.2) is 0 Å². The summed E-state index contributed by atoms with van der Waals surface area (Å²) in [7, 11) is 0. The molecule has 0 aliphatic rings. The molecule has 20 heavy (non-hydrogen) atoms. The number of nitrogens with zero attached hydrogens (tertiary/aromatic N) is 4. The van der Waals surface area contributed by atoms with Gasteiger partial charge < -0.3 is 15.0 Å². The minimum absolute atomic E-state index is 0.401. The summed E-state index contributed by atoms with van der Waals surface area (Å²) in [6, 6.07) is 0.401. The van der Waals surface area contributed by atoms with Gasteiger partial charge in [-0.15, -0.1) is 0 Å². The first-order valence-corrected chi connectivity index (χ1v) is 7.48. The molecule has 0 saturated heterocycles. The maximum atomic E-state index is 5.65. The number of anilines is 2. The normalized spacial score (nSPS) is 10.7. The summed E-state index contributed by atoms with van der Waals surface area (Å²) >= 11 is 0. The lowest BCUT2D eigenvalue weighted by Gasteiger charge is -2.19. The van der Waals surface area contributed by atoms with Crippen LogP contribution >= 0.6 is 0 Å². The Morgan fingerprint density at radius 1 is 1.10 bits per heavy atom. The molecule has 0 saturated carbocycles. The first-order valence-electron chi connectivity index (χ1n) is 7.48. The standard InChI is InChI=1S/C14H27N5O/c1-6-15-12-16-13(19(7-2)8-3)18-14(17-12)20-10-9-11(4)5/h11H,6-10H2,1-5H3,(H,15,16,17,18). The Labute approximate surface area is 122 Å². The molecule has 0 aliphatic heterocycles. The highest BCUT2D eigenvalue weighted by Gasteiger charge is 2.11. The summed E-state index contributed by atoms with van der Waals surface area (Å²) in [5, 5.41) is 3.12. The zero-order valence-corrected chi connectivity index (χ0v) is 13.3. The van der Waals surface area contributed by atoms with Crippen molar-refractivity contribution >= 4 is 11.9 Å². The Kier molecular flexibility index (Phi) is 7.04. The molecule has 0 amide bonds. The van der Waals surface area contributed by atoms with E-state index in [1.807, 2.05) is 6.92 Å². The van der Waals surface area contributed by atoms with Gasteiger partial charge in [0.05, 0.1) is 6.61 Å². The van der Waals surface area contributed by atoms with Crippen LogP contribution in [0.2, 0.25) is 0 Å². The summed E-state index contributed by atoms with van der Waals surface area (Å²) < 4.78 is 5.65. The Morgan fingerprint density at radius 2 is 1.80 bits per heavy atom. The summed E-state index contributed by atoms with van der Waals surface area (Å²) in [5.41, 5.74) is 0. The van der Waals surface area contributed by atoms with Crippen LogP contribution in [0.3, 0.4) is 0 Å². The average molecular weight is 281 g/mol. The van der Waals surface area contributed by atoms with Gasteiger partial charge in [0.15, 0.2) is 0 Å². The van der Waals surface area contributed by atoms with E-state index < -0.39 is 0 Å². The fraction of sp³-hybridized carbons (Fsp3) is 0.786. The number of aromatic nitrogens is 3. The summed E-state index contributed by atoms with van der Waals surface area (Å²) in [6.45, 7) is 13.6. The lowest BCUT2D eigenvalue weighted by molar-refractivity contribution is 0.268. The Bertz CT molecular complexity index is 393. The van der Waals surface area contributed by atoms with Gasteiger partial charge in [0, 0.05) is 19.6 Å². The molecule has 6 heteroatoms. The van der Waals surface area contributed by atoms with E-state index >= 15 is 0 Å². The van der Waals surface area contributed by atoms with Crippen LogP contribution < -0.4 is 15.0 Å². The Morgan fingerprint density at radius 3 is 2.35 bits per heavy atom. The number of hydrogen-bond acceptors (Lipinski definition) is 6. The topological polar surface area (TPSA) is 63.2 Å². The van der Waals surface area contributed by atoms with Crippen LogP contribution in [0.4, 0.5) is 11.9 Å². The van der Waals surface area contributed by atoms with Crippen LogP contribution in [0.25, 0.3) is 0 Å². The predicted octanol–water partition coefficient (Wildman–Crippen LogP) is 2.57. The van der Waals surface area contributed by atoms with Gasteiger partial charge in [-0.1, -0.05) is 13.8 Å². The molecular formula is C14H27N5O. The van der Waals surface area contributed by atoms with E-state index in [4.69, 9.17) is 4.74 Å². The molecule has 1 heterocycles. The third-order valence-electron chi connectivity index (χ3n) is 2.91. The average Bonchev–Trinajstić information content (AvgIpc) is 2.40. The van der Waals surface area contributed by atoms with Crippen molar-refractivity contribution < 1.29 is 4.74 Å². The Balaban J connectivity index is 2.86. The lowest BCUT2D eigenvalue weighted by Crippen LogP contribution is -2.25. The van der Waals surface area contributed by atoms with Crippen molar-refractivity contribution in [1.82, 2.24) is 15.0 Å². The van der Waals surface area contributed by atoms with Crippen LogP contribution in [0.5, 0.6) is 6.01 Å². The first-order chi connectivity index (χ1) is 9.60. The molecule has 0 bridgehead atoms. The lowest BCUT2D eigenvalue weighted by atomic mass is 10.1. The van der Waals surface area contributed by atoms with Crippen molar-refractivity contribution in [3.8, 4) is 6.01 Å². The van der Waals surface area contributed by atoms with Crippen molar-refractivity contribution in [2.24, 2.45) is 5.92 Å². The fourth-order valence-electron chi connectivity index (χ4n) is 1.68. The third kappa shape index (κ3) is 5.19. The van der Waals surface area contributed by atoms with Gasteiger partial charge in [0.1, 0.15) is 0 Å². The zero-order valence-electron chi connectivity index (χ0n) is 13.3. The summed E-state index contributed by atoms with van der Waals surface area (Å²) in [5.74, 6) is 1.84. The van der Waals surface area contributed by atoms with Gasteiger partial charge in [0.25, 0.3) is 0 Å². The molecule has 1 N–H and O–H groups in total. The van der Waals surface area contributed by atoms with Crippen molar-refractivity contribution in [3.05, 3.63) is 0 Å².